The number of aromatic nitrogens is 2. The molecule has 0 bridgehead atoms. The first-order valence-corrected chi connectivity index (χ1v) is 7.56. The van der Waals surface area contributed by atoms with E-state index >= 15 is 0 Å². The summed E-state index contributed by atoms with van der Waals surface area (Å²) >= 11 is 0. The maximum absolute atomic E-state index is 12.0. The molecule has 1 N–H and O–H groups in total. The third-order valence-corrected chi connectivity index (χ3v) is 3.58. The lowest BCUT2D eigenvalue weighted by molar-refractivity contribution is 0.862. The summed E-state index contributed by atoms with van der Waals surface area (Å²) in [5.41, 5.74) is 3.80. The monoisotopic (exact) mass is 297 g/mol. The van der Waals surface area contributed by atoms with Gasteiger partial charge in [-0.1, -0.05) is 31.6 Å². The highest BCUT2D eigenvalue weighted by Gasteiger charge is 2.05. The molecule has 0 amide bonds. The van der Waals surface area contributed by atoms with Crippen LogP contribution in [0.15, 0.2) is 29.1 Å². The van der Waals surface area contributed by atoms with Crippen molar-refractivity contribution in [3.8, 4) is 0 Å². The average molecular weight is 297 g/mol. The van der Waals surface area contributed by atoms with E-state index in [1.54, 1.807) is 0 Å². The molecule has 0 saturated heterocycles. The summed E-state index contributed by atoms with van der Waals surface area (Å²) in [5, 5.41) is 0. The van der Waals surface area contributed by atoms with E-state index in [1.165, 1.54) is 0 Å². The lowest BCUT2D eigenvalue weighted by atomic mass is 10.1. The van der Waals surface area contributed by atoms with Crippen LogP contribution < -0.4 is 10.5 Å². The molecule has 0 aliphatic carbocycles. The molecule has 2 rings (SSSR count). The molecule has 0 radical (unpaired) electrons. The maximum Gasteiger partial charge on any atom is 0.254 e. The van der Waals surface area contributed by atoms with Crippen LogP contribution in [0.4, 0.5) is 5.69 Å². The summed E-state index contributed by atoms with van der Waals surface area (Å²) in [7, 11) is 4.03. The second-order valence-corrected chi connectivity index (χ2v) is 5.58. The first-order valence-electron chi connectivity index (χ1n) is 7.56. The van der Waals surface area contributed by atoms with Gasteiger partial charge in [-0.3, -0.25) is 4.79 Å². The van der Waals surface area contributed by atoms with E-state index in [0.29, 0.717) is 5.82 Å². The van der Waals surface area contributed by atoms with Gasteiger partial charge in [0.2, 0.25) is 0 Å². The van der Waals surface area contributed by atoms with Crippen molar-refractivity contribution < 1.29 is 0 Å². The number of hydrogen-bond acceptors (Lipinski definition) is 3. The molecule has 0 spiro atoms. The van der Waals surface area contributed by atoms with Gasteiger partial charge in [-0.2, -0.15) is 0 Å². The molecular weight excluding hydrogens is 274 g/mol. The van der Waals surface area contributed by atoms with Crippen molar-refractivity contribution >= 4 is 17.8 Å². The molecule has 116 valence electrons. The van der Waals surface area contributed by atoms with E-state index in [0.717, 1.165) is 35.3 Å². The Morgan fingerprint density at radius 2 is 1.86 bits per heavy atom. The highest BCUT2D eigenvalue weighted by atomic mass is 16.1. The number of anilines is 1. The third kappa shape index (κ3) is 3.85. The fourth-order valence-electron chi connectivity index (χ4n) is 2.31. The highest BCUT2D eigenvalue weighted by Crippen LogP contribution is 2.14. The van der Waals surface area contributed by atoms with Crippen molar-refractivity contribution in [2.24, 2.45) is 0 Å². The Morgan fingerprint density at radius 3 is 2.41 bits per heavy atom. The van der Waals surface area contributed by atoms with Crippen LogP contribution in [0.1, 0.15) is 36.0 Å². The topological polar surface area (TPSA) is 49.0 Å². The minimum absolute atomic E-state index is 0.0306. The minimum atomic E-state index is -0.0306. The first kappa shape index (κ1) is 16.0. The van der Waals surface area contributed by atoms with Crippen LogP contribution >= 0.6 is 0 Å². The van der Waals surface area contributed by atoms with Gasteiger partial charge in [0.1, 0.15) is 5.82 Å². The largest absolute Gasteiger partial charge is 0.378 e. The van der Waals surface area contributed by atoms with E-state index in [2.05, 4.69) is 33.9 Å². The van der Waals surface area contributed by atoms with Crippen LogP contribution in [0.2, 0.25) is 0 Å². The van der Waals surface area contributed by atoms with Crippen molar-refractivity contribution in [3.63, 3.8) is 0 Å². The summed E-state index contributed by atoms with van der Waals surface area (Å²) in [6.07, 6.45) is 5.51. The second kappa shape index (κ2) is 7.07. The molecule has 1 aromatic heterocycles. The lowest BCUT2D eigenvalue weighted by Crippen LogP contribution is -2.17. The average Bonchev–Trinajstić information content (AvgIpc) is 2.49. The molecule has 0 atom stereocenters. The van der Waals surface area contributed by atoms with Crippen LogP contribution in [0.5, 0.6) is 0 Å². The molecule has 1 aromatic carbocycles. The van der Waals surface area contributed by atoms with Gasteiger partial charge in [0, 0.05) is 31.0 Å². The molecule has 2 aromatic rings. The lowest BCUT2D eigenvalue weighted by Gasteiger charge is -2.11. The summed E-state index contributed by atoms with van der Waals surface area (Å²) in [6, 6.07) is 8.21. The Hall–Kier alpha value is -2.36. The number of aromatic amines is 1. The number of rotatable bonds is 5. The van der Waals surface area contributed by atoms with Gasteiger partial charge in [-0.05, 0) is 37.1 Å². The van der Waals surface area contributed by atoms with E-state index in [-0.39, 0.29) is 5.56 Å². The first-order chi connectivity index (χ1) is 10.5. The second-order valence-electron chi connectivity index (χ2n) is 5.58. The van der Waals surface area contributed by atoms with Crippen molar-refractivity contribution in [1.82, 2.24) is 9.97 Å². The number of H-pyrrole nitrogens is 1. The molecule has 0 fully saturated rings. The Kier molecular flexibility index (Phi) is 5.15. The normalized spacial score (nSPS) is 11.1. The van der Waals surface area contributed by atoms with Gasteiger partial charge in [-0.15, -0.1) is 0 Å². The van der Waals surface area contributed by atoms with Crippen LogP contribution in [-0.2, 0) is 6.42 Å². The van der Waals surface area contributed by atoms with E-state index < -0.39 is 0 Å². The highest BCUT2D eigenvalue weighted by molar-refractivity contribution is 5.67. The van der Waals surface area contributed by atoms with Gasteiger partial charge >= 0.3 is 0 Å². The summed E-state index contributed by atoms with van der Waals surface area (Å²) in [6.45, 7) is 3.95. The van der Waals surface area contributed by atoms with Gasteiger partial charge in [0.25, 0.3) is 5.56 Å². The summed E-state index contributed by atoms with van der Waals surface area (Å²) in [4.78, 5) is 21.4. The zero-order chi connectivity index (χ0) is 16.1. The zero-order valence-electron chi connectivity index (χ0n) is 13.7. The van der Waals surface area contributed by atoms with Gasteiger partial charge in [0.15, 0.2) is 0 Å². The van der Waals surface area contributed by atoms with Gasteiger partial charge in [0.05, 0.1) is 0 Å². The van der Waals surface area contributed by atoms with E-state index in [9.17, 15) is 4.79 Å². The molecule has 0 unspecified atom stereocenters. The van der Waals surface area contributed by atoms with E-state index in [4.69, 9.17) is 0 Å². The zero-order valence-corrected chi connectivity index (χ0v) is 13.7. The van der Waals surface area contributed by atoms with Crippen molar-refractivity contribution in [1.29, 1.82) is 0 Å². The summed E-state index contributed by atoms with van der Waals surface area (Å²) in [5.74, 6) is 0.596. The number of aryl methyl sites for hydroxylation is 1. The number of nitrogens with one attached hydrogen (secondary N) is 1. The Balaban J connectivity index is 2.21. The minimum Gasteiger partial charge on any atom is -0.378 e. The fourth-order valence-corrected chi connectivity index (χ4v) is 2.31. The Labute approximate surface area is 131 Å². The Bertz CT molecular complexity index is 712. The van der Waals surface area contributed by atoms with Crippen molar-refractivity contribution in [3.05, 3.63) is 57.3 Å². The predicted molar refractivity (Wildman–Crippen MR) is 93.3 cm³/mol. The maximum atomic E-state index is 12.0. The van der Waals surface area contributed by atoms with Crippen molar-refractivity contribution in [2.45, 2.75) is 26.7 Å². The molecule has 4 heteroatoms. The quantitative estimate of drug-likeness (QED) is 0.921. The predicted octanol–water partition coefficient (Wildman–Crippen LogP) is 3.27. The molecule has 0 aliphatic heterocycles. The Morgan fingerprint density at radius 1 is 1.18 bits per heavy atom. The van der Waals surface area contributed by atoms with Gasteiger partial charge < -0.3 is 9.88 Å². The summed E-state index contributed by atoms with van der Waals surface area (Å²) < 4.78 is 0. The van der Waals surface area contributed by atoms with Gasteiger partial charge in [-0.25, -0.2) is 4.98 Å². The number of benzene rings is 1. The van der Waals surface area contributed by atoms with Crippen molar-refractivity contribution in [2.75, 3.05) is 19.0 Å². The number of hydrogen-bond donors (Lipinski definition) is 1. The number of nitrogens with zero attached hydrogens (tertiary/aromatic N) is 2. The fraction of sp³-hybridized carbons (Fsp3) is 0.333. The van der Waals surface area contributed by atoms with Crippen LogP contribution in [0, 0.1) is 6.92 Å². The van der Waals surface area contributed by atoms with Crippen LogP contribution in [0.25, 0.3) is 12.2 Å². The van der Waals surface area contributed by atoms with Crippen LogP contribution in [-0.4, -0.2) is 24.1 Å². The smallest absolute Gasteiger partial charge is 0.254 e. The third-order valence-electron chi connectivity index (χ3n) is 3.58. The molecule has 1 heterocycles. The van der Waals surface area contributed by atoms with E-state index in [1.807, 2.05) is 45.3 Å². The molecule has 0 aliphatic rings. The molecule has 0 saturated carbocycles. The molecular formula is C18H23N3O. The standard InChI is InChI=1S/C18H23N3O/c1-5-6-16-13(2)19-17(20-18(16)22)12-9-14-7-10-15(11-8-14)21(3)4/h7-12H,5-6H2,1-4H3,(H,19,20,22)/b12-9+. The van der Waals surface area contributed by atoms with Crippen LogP contribution in [0.3, 0.4) is 0 Å². The molecule has 22 heavy (non-hydrogen) atoms. The molecule has 4 nitrogen and oxygen atoms in total. The SMILES string of the molecule is CCCc1c(C)nc(/C=C/c2ccc(N(C)C)cc2)[nH]c1=O.